The van der Waals surface area contributed by atoms with Crippen molar-refractivity contribution in [1.29, 1.82) is 0 Å². The van der Waals surface area contributed by atoms with Gasteiger partial charge in [-0.3, -0.25) is 4.79 Å². The predicted molar refractivity (Wildman–Crippen MR) is 87.0 cm³/mol. The lowest BCUT2D eigenvalue weighted by atomic mass is 9.75. The molecule has 1 aliphatic heterocycles. The van der Waals surface area contributed by atoms with Crippen LogP contribution in [0.15, 0.2) is 16.6 Å². The second kappa shape index (κ2) is 5.86. The predicted octanol–water partition coefficient (Wildman–Crippen LogP) is 3.64. The smallest absolute Gasteiger partial charge is 0.232 e. The molecule has 110 valence electrons. The molecule has 1 aromatic rings. The van der Waals surface area contributed by atoms with Gasteiger partial charge in [-0.15, -0.1) is 0 Å². The van der Waals surface area contributed by atoms with Gasteiger partial charge in [0.2, 0.25) is 5.91 Å². The van der Waals surface area contributed by atoms with Crippen LogP contribution in [0.3, 0.4) is 0 Å². The van der Waals surface area contributed by atoms with Crippen LogP contribution in [0.25, 0.3) is 0 Å². The second-order valence-corrected chi connectivity index (χ2v) is 6.91. The van der Waals surface area contributed by atoms with E-state index in [4.69, 9.17) is 0 Å². The van der Waals surface area contributed by atoms with Gasteiger partial charge in [0, 0.05) is 16.7 Å². The van der Waals surface area contributed by atoms with Gasteiger partial charge in [-0.05, 0) is 56.0 Å². The van der Waals surface area contributed by atoms with Crippen LogP contribution in [-0.4, -0.2) is 19.0 Å². The molecular weight excluding hydrogens is 316 g/mol. The molecule has 0 bridgehead atoms. The average molecular weight is 339 g/mol. The molecule has 2 N–H and O–H groups in total. The number of carbonyl (C=O) groups is 1. The summed E-state index contributed by atoms with van der Waals surface area (Å²) in [6, 6.07) is 4.04. The van der Waals surface area contributed by atoms with E-state index in [0.717, 1.165) is 40.8 Å². The molecule has 1 amide bonds. The third-order valence-corrected chi connectivity index (χ3v) is 5.69. The topological polar surface area (TPSA) is 41.1 Å². The average Bonchev–Trinajstić information content (AvgIpc) is 2.86. The highest BCUT2D eigenvalue weighted by atomic mass is 79.9. The van der Waals surface area contributed by atoms with E-state index in [1.807, 2.05) is 26.0 Å². The van der Waals surface area contributed by atoms with Gasteiger partial charge in [-0.2, -0.15) is 0 Å². The summed E-state index contributed by atoms with van der Waals surface area (Å²) in [4.78, 5) is 12.7. The third kappa shape index (κ3) is 2.77. The number of anilines is 1. The first kappa shape index (κ1) is 15.5. The molecule has 2 rings (SSSR count). The number of benzene rings is 1. The molecule has 1 aliphatic rings. The second-order valence-electron chi connectivity index (χ2n) is 6.12. The summed E-state index contributed by atoms with van der Waals surface area (Å²) in [6.45, 7) is 10.0. The normalized spacial score (nSPS) is 22.3. The van der Waals surface area contributed by atoms with Crippen molar-refractivity contribution in [1.82, 2.24) is 5.32 Å². The van der Waals surface area contributed by atoms with E-state index < -0.39 is 0 Å². The lowest BCUT2D eigenvalue weighted by molar-refractivity contribution is -0.126. The van der Waals surface area contributed by atoms with E-state index in [2.05, 4.69) is 40.4 Å². The number of nitrogens with one attached hydrogen (secondary N) is 2. The zero-order chi connectivity index (χ0) is 14.9. The van der Waals surface area contributed by atoms with Gasteiger partial charge in [0.25, 0.3) is 0 Å². The molecule has 0 aromatic heterocycles. The summed E-state index contributed by atoms with van der Waals surface area (Å²) in [7, 11) is 0. The summed E-state index contributed by atoms with van der Waals surface area (Å²) < 4.78 is 1.11. The van der Waals surface area contributed by atoms with Crippen molar-refractivity contribution in [3.05, 3.63) is 27.7 Å². The van der Waals surface area contributed by atoms with E-state index in [-0.39, 0.29) is 11.3 Å². The largest absolute Gasteiger partial charge is 0.326 e. The van der Waals surface area contributed by atoms with E-state index in [1.165, 1.54) is 0 Å². The Morgan fingerprint density at radius 3 is 2.40 bits per heavy atom. The number of aryl methyl sites for hydroxylation is 2. The molecule has 0 spiro atoms. The van der Waals surface area contributed by atoms with Crippen molar-refractivity contribution in [3.63, 3.8) is 0 Å². The van der Waals surface area contributed by atoms with Crippen LogP contribution in [0.5, 0.6) is 0 Å². The molecule has 20 heavy (non-hydrogen) atoms. The van der Waals surface area contributed by atoms with Crippen LogP contribution in [0.4, 0.5) is 5.69 Å². The van der Waals surface area contributed by atoms with Gasteiger partial charge in [-0.1, -0.05) is 29.8 Å². The third-order valence-electron chi connectivity index (χ3n) is 4.44. The van der Waals surface area contributed by atoms with Crippen molar-refractivity contribution >= 4 is 27.5 Å². The van der Waals surface area contributed by atoms with Crippen LogP contribution in [0.1, 0.15) is 31.4 Å². The number of hydrogen-bond donors (Lipinski definition) is 2. The molecular formula is C16H23BrN2O. The first-order valence-electron chi connectivity index (χ1n) is 7.16. The quantitative estimate of drug-likeness (QED) is 0.883. The van der Waals surface area contributed by atoms with Crippen LogP contribution in [0, 0.1) is 25.2 Å². The van der Waals surface area contributed by atoms with E-state index in [1.54, 1.807) is 0 Å². The summed E-state index contributed by atoms with van der Waals surface area (Å²) in [5, 5.41) is 6.44. The highest BCUT2D eigenvalue weighted by molar-refractivity contribution is 9.10. The Morgan fingerprint density at radius 2 is 1.95 bits per heavy atom. The Hall–Kier alpha value is -0.870. The first-order chi connectivity index (χ1) is 9.36. The van der Waals surface area contributed by atoms with Crippen LogP contribution >= 0.6 is 15.9 Å². The fourth-order valence-corrected chi connectivity index (χ4v) is 3.16. The van der Waals surface area contributed by atoms with Crippen LogP contribution < -0.4 is 10.6 Å². The highest BCUT2D eigenvalue weighted by Gasteiger charge is 2.43. The maximum atomic E-state index is 12.7. The van der Waals surface area contributed by atoms with E-state index in [9.17, 15) is 4.79 Å². The minimum Gasteiger partial charge on any atom is -0.326 e. The molecule has 1 unspecified atom stereocenters. The van der Waals surface area contributed by atoms with Crippen molar-refractivity contribution in [2.75, 3.05) is 18.4 Å². The van der Waals surface area contributed by atoms with Crippen LogP contribution in [0.2, 0.25) is 0 Å². The molecule has 4 heteroatoms. The number of halogens is 1. The van der Waals surface area contributed by atoms with E-state index >= 15 is 0 Å². The Bertz CT molecular complexity index is 496. The number of carbonyl (C=O) groups excluding carboxylic acids is 1. The lowest BCUT2D eigenvalue weighted by Crippen LogP contribution is -2.42. The van der Waals surface area contributed by atoms with Gasteiger partial charge in [0.15, 0.2) is 0 Å². The molecule has 3 nitrogen and oxygen atoms in total. The molecule has 0 saturated carbocycles. The Balaban J connectivity index is 2.23. The lowest BCUT2D eigenvalue weighted by Gasteiger charge is -2.31. The van der Waals surface area contributed by atoms with Crippen molar-refractivity contribution < 1.29 is 4.79 Å². The molecule has 0 radical (unpaired) electrons. The minimum atomic E-state index is -0.283. The fraction of sp³-hybridized carbons (Fsp3) is 0.562. The SMILES string of the molecule is Cc1cc(NC(=O)C2(C(C)C)CCNC2)cc(C)c1Br. The zero-order valence-corrected chi connectivity index (χ0v) is 14.2. The molecule has 1 aromatic carbocycles. The van der Waals surface area contributed by atoms with E-state index in [0.29, 0.717) is 5.92 Å². The van der Waals surface area contributed by atoms with Gasteiger partial charge < -0.3 is 10.6 Å². The zero-order valence-electron chi connectivity index (χ0n) is 12.6. The Kier molecular flexibility index (Phi) is 4.55. The standard InChI is InChI=1S/C16H23BrN2O/c1-10(2)16(5-6-18-9-16)15(20)19-13-7-11(3)14(17)12(4)8-13/h7-8,10,18H,5-6,9H2,1-4H3,(H,19,20). The molecule has 1 fully saturated rings. The summed E-state index contributed by atoms with van der Waals surface area (Å²) in [6.07, 6.45) is 0.908. The molecule has 1 atom stereocenters. The van der Waals surface area contributed by atoms with Crippen molar-refractivity contribution in [3.8, 4) is 0 Å². The first-order valence-corrected chi connectivity index (χ1v) is 7.95. The maximum absolute atomic E-state index is 12.7. The van der Waals surface area contributed by atoms with Gasteiger partial charge in [0.05, 0.1) is 5.41 Å². The number of amides is 1. The summed E-state index contributed by atoms with van der Waals surface area (Å²) >= 11 is 3.56. The monoisotopic (exact) mass is 338 g/mol. The number of hydrogen-bond acceptors (Lipinski definition) is 2. The maximum Gasteiger partial charge on any atom is 0.232 e. The van der Waals surface area contributed by atoms with Crippen LogP contribution in [-0.2, 0) is 4.79 Å². The van der Waals surface area contributed by atoms with Gasteiger partial charge in [0.1, 0.15) is 0 Å². The molecule has 1 heterocycles. The van der Waals surface area contributed by atoms with Crippen molar-refractivity contribution in [2.45, 2.75) is 34.1 Å². The Labute approximate surface area is 129 Å². The molecule has 1 saturated heterocycles. The number of rotatable bonds is 3. The summed E-state index contributed by atoms with van der Waals surface area (Å²) in [5.74, 6) is 0.466. The summed E-state index contributed by atoms with van der Waals surface area (Å²) in [5.41, 5.74) is 2.89. The highest BCUT2D eigenvalue weighted by Crippen LogP contribution is 2.36. The fourth-order valence-electron chi connectivity index (χ4n) is 2.93. The van der Waals surface area contributed by atoms with Gasteiger partial charge in [-0.25, -0.2) is 0 Å². The molecule has 0 aliphatic carbocycles. The van der Waals surface area contributed by atoms with Gasteiger partial charge >= 0.3 is 0 Å². The van der Waals surface area contributed by atoms with Crippen molar-refractivity contribution in [2.24, 2.45) is 11.3 Å². The minimum absolute atomic E-state index is 0.138. The Morgan fingerprint density at radius 1 is 1.35 bits per heavy atom.